The van der Waals surface area contributed by atoms with Gasteiger partial charge in [-0.05, 0) is 43.0 Å². The van der Waals surface area contributed by atoms with Crippen molar-refractivity contribution in [3.8, 4) is 0 Å². The van der Waals surface area contributed by atoms with Crippen molar-refractivity contribution in [1.82, 2.24) is 0 Å². The Morgan fingerprint density at radius 2 is 1.74 bits per heavy atom. The number of rotatable bonds is 8. The quantitative estimate of drug-likeness (QED) is 0.714. The average molecular weight is 327 g/mol. The van der Waals surface area contributed by atoms with Gasteiger partial charge < -0.3 is 5.32 Å². The highest BCUT2D eigenvalue weighted by Gasteiger charge is 2.13. The third-order valence-corrected chi connectivity index (χ3v) is 4.97. The van der Waals surface area contributed by atoms with Crippen molar-refractivity contribution in [3.05, 3.63) is 65.7 Å². The highest BCUT2D eigenvalue weighted by Crippen LogP contribution is 2.19. The van der Waals surface area contributed by atoms with Crippen LogP contribution in [0.4, 0.5) is 5.69 Å². The van der Waals surface area contributed by atoms with Crippen LogP contribution in [-0.4, -0.2) is 11.2 Å². The zero-order valence-electron chi connectivity index (χ0n) is 13.9. The molecule has 0 bridgehead atoms. The molecule has 2 aromatic carbocycles. The Kier molecular flexibility index (Phi) is 7.21. The second-order valence-corrected chi connectivity index (χ2v) is 7.06. The maximum atomic E-state index is 12.3. The normalized spacial score (nSPS) is 11.9. The molecule has 0 spiro atoms. The zero-order chi connectivity index (χ0) is 16.5. The zero-order valence-corrected chi connectivity index (χ0v) is 14.7. The van der Waals surface area contributed by atoms with Gasteiger partial charge in [0.05, 0.1) is 5.25 Å². The molecule has 23 heavy (non-hydrogen) atoms. The number of anilines is 1. The number of carbonyl (C=O) groups is 1. The number of thioether (sulfide) groups is 1. The standard InChI is InChI=1S/C20H25NOS/c1-3-4-8-17-11-13-19(14-12-17)21-20(22)16(2)23-15-18-9-6-5-7-10-18/h5-7,9-14,16H,3-4,8,15H2,1-2H3,(H,21,22)/t16-/m0/s1. The van der Waals surface area contributed by atoms with Crippen LogP contribution in [0.1, 0.15) is 37.8 Å². The minimum absolute atomic E-state index is 0.0623. The van der Waals surface area contributed by atoms with Crippen molar-refractivity contribution in [2.75, 3.05) is 5.32 Å². The highest BCUT2D eigenvalue weighted by molar-refractivity contribution is 7.99. The third kappa shape index (κ3) is 6.11. The molecule has 0 aromatic heterocycles. The van der Waals surface area contributed by atoms with Crippen LogP contribution in [-0.2, 0) is 17.0 Å². The third-order valence-electron chi connectivity index (χ3n) is 3.75. The number of nitrogens with one attached hydrogen (secondary N) is 1. The first-order chi connectivity index (χ1) is 11.2. The maximum Gasteiger partial charge on any atom is 0.237 e. The molecule has 0 heterocycles. The monoisotopic (exact) mass is 327 g/mol. The van der Waals surface area contributed by atoms with E-state index in [0.29, 0.717) is 0 Å². The largest absolute Gasteiger partial charge is 0.325 e. The van der Waals surface area contributed by atoms with Crippen molar-refractivity contribution >= 4 is 23.4 Å². The molecule has 122 valence electrons. The van der Waals surface area contributed by atoms with Crippen LogP contribution in [0.25, 0.3) is 0 Å². The van der Waals surface area contributed by atoms with E-state index in [1.807, 2.05) is 37.3 Å². The van der Waals surface area contributed by atoms with Gasteiger partial charge in [-0.3, -0.25) is 4.79 Å². The molecule has 0 saturated carbocycles. The Labute approximate surface area is 143 Å². The molecule has 1 N–H and O–H groups in total. The second kappa shape index (κ2) is 9.41. The van der Waals surface area contributed by atoms with E-state index in [-0.39, 0.29) is 11.2 Å². The van der Waals surface area contributed by atoms with E-state index in [0.717, 1.165) is 17.9 Å². The SMILES string of the molecule is CCCCc1ccc(NC(=O)[C@H](C)SCc2ccccc2)cc1. The molecule has 3 heteroatoms. The van der Waals surface area contributed by atoms with Crippen LogP contribution in [0.15, 0.2) is 54.6 Å². The van der Waals surface area contributed by atoms with E-state index in [2.05, 4.69) is 36.5 Å². The Morgan fingerprint density at radius 1 is 1.04 bits per heavy atom. The minimum Gasteiger partial charge on any atom is -0.325 e. The van der Waals surface area contributed by atoms with E-state index in [9.17, 15) is 4.79 Å². The number of aryl methyl sites for hydroxylation is 1. The Bertz CT molecular complexity index is 595. The fraction of sp³-hybridized carbons (Fsp3) is 0.350. The van der Waals surface area contributed by atoms with Crippen molar-refractivity contribution in [2.24, 2.45) is 0 Å². The molecular weight excluding hydrogens is 302 g/mol. The smallest absolute Gasteiger partial charge is 0.237 e. The number of amides is 1. The molecule has 0 aliphatic heterocycles. The van der Waals surface area contributed by atoms with Crippen LogP contribution in [0.5, 0.6) is 0 Å². The van der Waals surface area contributed by atoms with E-state index in [1.54, 1.807) is 11.8 Å². The van der Waals surface area contributed by atoms with Crippen molar-refractivity contribution < 1.29 is 4.79 Å². The summed E-state index contributed by atoms with van der Waals surface area (Å²) >= 11 is 1.66. The summed E-state index contributed by atoms with van der Waals surface area (Å²) in [6, 6.07) is 18.4. The average Bonchev–Trinajstić information content (AvgIpc) is 2.60. The van der Waals surface area contributed by atoms with Crippen molar-refractivity contribution in [1.29, 1.82) is 0 Å². The van der Waals surface area contributed by atoms with Gasteiger partial charge in [-0.1, -0.05) is 55.8 Å². The van der Waals surface area contributed by atoms with Gasteiger partial charge in [0.25, 0.3) is 0 Å². The van der Waals surface area contributed by atoms with E-state index < -0.39 is 0 Å². The molecule has 2 nitrogen and oxygen atoms in total. The Balaban J connectivity index is 1.81. The summed E-state index contributed by atoms with van der Waals surface area (Å²) in [7, 11) is 0. The molecule has 1 atom stereocenters. The van der Waals surface area contributed by atoms with Gasteiger partial charge in [-0.25, -0.2) is 0 Å². The molecular formula is C20H25NOS. The summed E-state index contributed by atoms with van der Waals surface area (Å²) < 4.78 is 0. The molecule has 0 radical (unpaired) electrons. The van der Waals surface area contributed by atoms with E-state index >= 15 is 0 Å². The fourth-order valence-corrected chi connectivity index (χ4v) is 3.10. The van der Waals surface area contributed by atoms with Crippen LogP contribution >= 0.6 is 11.8 Å². The van der Waals surface area contributed by atoms with Gasteiger partial charge in [0, 0.05) is 11.4 Å². The van der Waals surface area contributed by atoms with Crippen molar-refractivity contribution in [3.63, 3.8) is 0 Å². The second-order valence-electron chi connectivity index (χ2n) is 5.73. The van der Waals surface area contributed by atoms with Gasteiger partial charge >= 0.3 is 0 Å². The lowest BCUT2D eigenvalue weighted by Gasteiger charge is -2.12. The minimum atomic E-state index is -0.0741. The van der Waals surface area contributed by atoms with Crippen LogP contribution in [0, 0.1) is 0 Å². The molecule has 2 aromatic rings. The number of benzene rings is 2. The first-order valence-corrected chi connectivity index (χ1v) is 9.29. The first-order valence-electron chi connectivity index (χ1n) is 8.24. The van der Waals surface area contributed by atoms with Crippen LogP contribution < -0.4 is 5.32 Å². The summed E-state index contributed by atoms with van der Waals surface area (Å²) in [6.45, 7) is 4.15. The van der Waals surface area contributed by atoms with Gasteiger partial charge in [0.2, 0.25) is 5.91 Å². The summed E-state index contributed by atoms with van der Waals surface area (Å²) in [5, 5.41) is 2.93. The summed E-state index contributed by atoms with van der Waals surface area (Å²) in [6.07, 6.45) is 3.52. The van der Waals surface area contributed by atoms with Crippen LogP contribution in [0.3, 0.4) is 0 Å². The molecule has 0 fully saturated rings. The lowest BCUT2D eigenvalue weighted by atomic mass is 10.1. The summed E-state index contributed by atoms with van der Waals surface area (Å²) in [5.41, 5.74) is 3.45. The Morgan fingerprint density at radius 3 is 2.39 bits per heavy atom. The number of carbonyl (C=O) groups excluding carboxylic acids is 1. The first kappa shape index (κ1) is 17.6. The van der Waals surface area contributed by atoms with Gasteiger partial charge in [0.15, 0.2) is 0 Å². The number of hydrogen-bond acceptors (Lipinski definition) is 2. The summed E-state index contributed by atoms with van der Waals surface area (Å²) in [5.74, 6) is 0.915. The van der Waals surface area contributed by atoms with Gasteiger partial charge in [0.1, 0.15) is 0 Å². The van der Waals surface area contributed by atoms with Crippen LogP contribution in [0.2, 0.25) is 0 Å². The Hall–Kier alpha value is -1.74. The highest BCUT2D eigenvalue weighted by atomic mass is 32.2. The number of unbranched alkanes of at least 4 members (excludes halogenated alkanes) is 1. The van der Waals surface area contributed by atoms with Gasteiger partial charge in [-0.15, -0.1) is 11.8 Å². The van der Waals surface area contributed by atoms with Crippen molar-refractivity contribution in [2.45, 2.75) is 44.1 Å². The lowest BCUT2D eigenvalue weighted by Crippen LogP contribution is -2.22. The predicted molar refractivity (Wildman–Crippen MR) is 101 cm³/mol. The molecule has 0 saturated heterocycles. The van der Waals surface area contributed by atoms with Gasteiger partial charge in [-0.2, -0.15) is 0 Å². The predicted octanol–water partition coefficient (Wildman–Crippen LogP) is 5.29. The lowest BCUT2D eigenvalue weighted by molar-refractivity contribution is -0.115. The van der Waals surface area contributed by atoms with E-state index in [4.69, 9.17) is 0 Å². The molecule has 0 aliphatic carbocycles. The molecule has 1 amide bonds. The van der Waals surface area contributed by atoms with E-state index in [1.165, 1.54) is 24.0 Å². The number of hydrogen-bond donors (Lipinski definition) is 1. The molecule has 0 unspecified atom stereocenters. The summed E-state index contributed by atoms with van der Waals surface area (Å²) in [4.78, 5) is 12.3. The maximum absolute atomic E-state index is 12.3. The molecule has 0 aliphatic rings. The molecule has 2 rings (SSSR count). The topological polar surface area (TPSA) is 29.1 Å². The fourth-order valence-electron chi connectivity index (χ4n) is 2.25.